The van der Waals surface area contributed by atoms with Gasteiger partial charge in [0.15, 0.2) is 5.96 Å². The summed E-state index contributed by atoms with van der Waals surface area (Å²) in [5, 5.41) is 3.47. The number of furan rings is 1. The minimum atomic E-state index is 0. The van der Waals surface area contributed by atoms with Crippen LogP contribution in [0, 0.1) is 0 Å². The van der Waals surface area contributed by atoms with E-state index in [1.165, 1.54) is 0 Å². The second kappa shape index (κ2) is 12.7. The summed E-state index contributed by atoms with van der Waals surface area (Å²) in [6, 6.07) is 14.0. The van der Waals surface area contributed by atoms with Gasteiger partial charge in [0.25, 0.3) is 0 Å². The van der Waals surface area contributed by atoms with E-state index >= 15 is 0 Å². The minimum absolute atomic E-state index is 0. The van der Waals surface area contributed by atoms with Crippen LogP contribution in [0.4, 0.5) is 0 Å². The summed E-state index contributed by atoms with van der Waals surface area (Å²) in [5.41, 5.74) is 0. The number of ether oxygens (including phenoxy) is 2. The predicted octanol–water partition coefficient (Wildman–Crippen LogP) is 3.58. The Kier molecular flexibility index (Phi) is 10.2. The first-order valence-electron chi connectivity index (χ1n) is 9.61. The lowest BCUT2D eigenvalue weighted by Crippen LogP contribution is -2.48. The van der Waals surface area contributed by atoms with Crippen molar-refractivity contribution in [3.05, 3.63) is 54.5 Å². The number of piperidine rings is 1. The molecular weight excluding hydrogens is 469 g/mol. The maximum Gasteiger partial charge on any atom is 0.194 e. The van der Waals surface area contributed by atoms with Crippen molar-refractivity contribution < 1.29 is 13.9 Å². The summed E-state index contributed by atoms with van der Waals surface area (Å²) in [4.78, 5) is 7.01. The smallest absolute Gasteiger partial charge is 0.194 e. The SMILES string of the molecule is COCCN=C(NCCc1ccco1)N1CCC(Oc2ccccc2)CC1.I. The molecule has 1 aliphatic rings. The minimum Gasteiger partial charge on any atom is -0.490 e. The van der Waals surface area contributed by atoms with Gasteiger partial charge in [0, 0.05) is 46.0 Å². The van der Waals surface area contributed by atoms with Crippen LogP contribution in [0.15, 0.2) is 58.1 Å². The predicted molar refractivity (Wildman–Crippen MR) is 122 cm³/mol. The molecule has 1 N–H and O–H groups in total. The van der Waals surface area contributed by atoms with Gasteiger partial charge in [-0.1, -0.05) is 18.2 Å². The van der Waals surface area contributed by atoms with Gasteiger partial charge in [0.05, 0.1) is 19.4 Å². The molecule has 1 aromatic carbocycles. The molecule has 6 nitrogen and oxygen atoms in total. The summed E-state index contributed by atoms with van der Waals surface area (Å²) in [5.74, 6) is 2.87. The number of guanidine groups is 1. The molecule has 0 aliphatic carbocycles. The van der Waals surface area contributed by atoms with E-state index in [0.717, 1.165) is 56.4 Å². The van der Waals surface area contributed by atoms with Gasteiger partial charge in [-0.2, -0.15) is 0 Å². The summed E-state index contributed by atoms with van der Waals surface area (Å²) >= 11 is 0. The third-order valence-electron chi connectivity index (χ3n) is 4.58. The third-order valence-corrected chi connectivity index (χ3v) is 4.58. The number of likely N-dealkylation sites (tertiary alicyclic amines) is 1. The van der Waals surface area contributed by atoms with E-state index in [0.29, 0.717) is 13.2 Å². The van der Waals surface area contributed by atoms with Crippen LogP contribution in [-0.4, -0.2) is 56.9 Å². The molecule has 0 saturated carbocycles. The number of aliphatic imine (C=N–C) groups is 1. The zero-order chi connectivity index (χ0) is 18.7. The quantitative estimate of drug-likeness (QED) is 0.261. The lowest BCUT2D eigenvalue weighted by molar-refractivity contribution is 0.129. The Balaban J connectivity index is 0.00000280. The van der Waals surface area contributed by atoms with E-state index in [-0.39, 0.29) is 30.1 Å². The van der Waals surface area contributed by atoms with Crippen LogP contribution in [0.25, 0.3) is 0 Å². The van der Waals surface area contributed by atoms with Crippen molar-refractivity contribution in [1.29, 1.82) is 0 Å². The normalized spacial score (nSPS) is 15.2. The van der Waals surface area contributed by atoms with E-state index in [2.05, 4.69) is 10.2 Å². The highest BCUT2D eigenvalue weighted by molar-refractivity contribution is 14.0. The molecule has 28 heavy (non-hydrogen) atoms. The van der Waals surface area contributed by atoms with Gasteiger partial charge in [-0.15, -0.1) is 24.0 Å². The van der Waals surface area contributed by atoms with Crippen molar-refractivity contribution in [2.75, 3.05) is 39.9 Å². The maximum atomic E-state index is 6.09. The summed E-state index contributed by atoms with van der Waals surface area (Å²) < 4.78 is 16.6. The van der Waals surface area contributed by atoms with E-state index in [1.807, 2.05) is 42.5 Å². The average Bonchev–Trinajstić information content (AvgIpc) is 3.22. The number of hydrogen-bond donors (Lipinski definition) is 1. The van der Waals surface area contributed by atoms with Crippen LogP contribution in [0.3, 0.4) is 0 Å². The van der Waals surface area contributed by atoms with Gasteiger partial charge in [0.2, 0.25) is 0 Å². The molecule has 0 spiro atoms. The van der Waals surface area contributed by atoms with Crippen LogP contribution in [0.5, 0.6) is 5.75 Å². The molecule has 1 fully saturated rings. The Bertz CT molecular complexity index is 671. The van der Waals surface area contributed by atoms with E-state index in [1.54, 1.807) is 13.4 Å². The largest absolute Gasteiger partial charge is 0.490 e. The molecule has 1 aromatic heterocycles. The lowest BCUT2D eigenvalue weighted by Gasteiger charge is -2.34. The third kappa shape index (κ3) is 7.35. The van der Waals surface area contributed by atoms with Gasteiger partial charge < -0.3 is 24.1 Å². The topological polar surface area (TPSA) is 59.2 Å². The van der Waals surface area contributed by atoms with Crippen molar-refractivity contribution in [3.8, 4) is 5.75 Å². The molecule has 1 saturated heterocycles. The molecule has 0 atom stereocenters. The highest BCUT2D eigenvalue weighted by atomic mass is 127. The van der Waals surface area contributed by atoms with Crippen molar-refractivity contribution in [3.63, 3.8) is 0 Å². The molecule has 0 unspecified atom stereocenters. The molecule has 7 heteroatoms. The molecule has 2 aromatic rings. The molecule has 3 rings (SSSR count). The van der Waals surface area contributed by atoms with E-state index < -0.39 is 0 Å². The summed E-state index contributed by atoms with van der Waals surface area (Å²) in [6.07, 6.45) is 4.77. The van der Waals surface area contributed by atoms with Gasteiger partial charge >= 0.3 is 0 Å². The van der Waals surface area contributed by atoms with E-state index in [9.17, 15) is 0 Å². The standard InChI is InChI=1S/C21H29N3O3.HI/c1-25-17-13-23-21(22-12-9-18-8-5-16-26-18)24-14-10-20(11-15-24)27-19-6-3-2-4-7-19;/h2-8,16,20H,9-15,17H2,1H3,(H,22,23);1H. The molecule has 1 aliphatic heterocycles. The first-order valence-corrected chi connectivity index (χ1v) is 9.61. The second-order valence-corrected chi connectivity index (χ2v) is 6.57. The van der Waals surface area contributed by atoms with Gasteiger partial charge in [-0.3, -0.25) is 4.99 Å². The van der Waals surface area contributed by atoms with Crippen molar-refractivity contribution in [1.82, 2.24) is 10.2 Å². The number of nitrogens with one attached hydrogen (secondary N) is 1. The molecule has 154 valence electrons. The van der Waals surface area contributed by atoms with Crippen LogP contribution in [0.2, 0.25) is 0 Å². The van der Waals surface area contributed by atoms with Crippen LogP contribution in [-0.2, 0) is 11.2 Å². The number of halogens is 1. The lowest BCUT2D eigenvalue weighted by atomic mass is 10.1. The number of nitrogens with zero attached hydrogens (tertiary/aromatic N) is 2. The van der Waals surface area contributed by atoms with E-state index in [4.69, 9.17) is 18.9 Å². The first-order chi connectivity index (χ1) is 13.3. The average molecular weight is 499 g/mol. The number of hydrogen-bond acceptors (Lipinski definition) is 4. The van der Waals surface area contributed by atoms with Gasteiger partial charge in [-0.25, -0.2) is 0 Å². The Labute approximate surface area is 184 Å². The Morgan fingerprint density at radius 3 is 2.64 bits per heavy atom. The zero-order valence-corrected chi connectivity index (χ0v) is 18.7. The monoisotopic (exact) mass is 499 g/mol. The Hall–Kier alpha value is -1.74. The van der Waals surface area contributed by atoms with Crippen molar-refractivity contribution >= 4 is 29.9 Å². The number of rotatable bonds is 8. The van der Waals surface area contributed by atoms with Gasteiger partial charge in [-0.05, 0) is 24.3 Å². The molecule has 0 radical (unpaired) electrons. The molecule has 0 bridgehead atoms. The fraction of sp³-hybridized carbons (Fsp3) is 0.476. The number of methoxy groups -OCH3 is 1. The fourth-order valence-corrected chi connectivity index (χ4v) is 3.14. The Morgan fingerprint density at radius 2 is 1.96 bits per heavy atom. The summed E-state index contributed by atoms with van der Waals surface area (Å²) in [7, 11) is 1.70. The maximum absolute atomic E-state index is 6.09. The summed E-state index contributed by atoms with van der Waals surface area (Å²) in [6.45, 7) is 3.92. The molecule has 2 heterocycles. The molecule has 0 amide bonds. The Morgan fingerprint density at radius 1 is 1.18 bits per heavy atom. The van der Waals surface area contributed by atoms with Gasteiger partial charge in [0.1, 0.15) is 17.6 Å². The van der Waals surface area contributed by atoms with Crippen molar-refractivity contribution in [2.24, 2.45) is 4.99 Å². The first kappa shape index (κ1) is 22.5. The zero-order valence-electron chi connectivity index (χ0n) is 16.4. The fourth-order valence-electron chi connectivity index (χ4n) is 3.14. The molecular formula is C21H30IN3O3. The number of benzene rings is 1. The highest BCUT2D eigenvalue weighted by Gasteiger charge is 2.22. The second-order valence-electron chi connectivity index (χ2n) is 6.57. The highest BCUT2D eigenvalue weighted by Crippen LogP contribution is 2.18. The number of para-hydroxylation sites is 1. The van der Waals surface area contributed by atoms with Crippen LogP contribution < -0.4 is 10.1 Å². The van der Waals surface area contributed by atoms with Crippen LogP contribution >= 0.6 is 24.0 Å². The van der Waals surface area contributed by atoms with Crippen LogP contribution in [0.1, 0.15) is 18.6 Å². The van der Waals surface area contributed by atoms with Crippen molar-refractivity contribution in [2.45, 2.75) is 25.4 Å².